The maximum atomic E-state index is 13.0. The van der Waals surface area contributed by atoms with Crippen LogP contribution in [-0.4, -0.2) is 36.8 Å². The summed E-state index contributed by atoms with van der Waals surface area (Å²) in [5, 5.41) is 1.66. The van der Waals surface area contributed by atoms with E-state index in [1.54, 1.807) is 20.3 Å². The summed E-state index contributed by atoms with van der Waals surface area (Å²) < 4.78 is 10.9. The molecule has 5 nitrogen and oxygen atoms in total. The lowest BCUT2D eigenvalue weighted by atomic mass is 10.0. The van der Waals surface area contributed by atoms with Gasteiger partial charge in [0.25, 0.3) is 11.1 Å². The van der Waals surface area contributed by atoms with Crippen LogP contribution in [0.15, 0.2) is 65.6 Å². The van der Waals surface area contributed by atoms with E-state index in [2.05, 4.69) is 12.1 Å². The Bertz CT molecular complexity index is 1150. The Kier molecular flexibility index (Phi) is 6.28. The highest BCUT2D eigenvalue weighted by Crippen LogP contribution is 2.37. The summed E-state index contributed by atoms with van der Waals surface area (Å²) in [4.78, 5) is 27.2. The lowest BCUT2D eigenvalue weighted by Crippen LogP contribution is -2.29. The number of rotatable bonds is 7. The van der Waals surface area contributed by atoms with Crippen LogP contribution in [0.25, 0.3) is 16.8 Å². The van der Waals surface area contributed by atoms with Gasteiger partial charge in [-0.3, -0.25) is 14.5 Å². The number of methoxy groups -OCH3 is 2. The number of fused-ring (bicyclic) bond motifs is 1. The fourth-order valence-corrected chi connectivity index (χ4v) is 4.51. The van der Waals surface area contributed by atoms with Crippen LogP contribution < -0.4 is 9.47 Å². The van der Waals surface area contributed by atoms with Crippen molar-refractivity contribution in [2.24, 2.45) is 0 Å². The second-order valence-electron chi connectivity index (χ2n) is 7.19. The Morgan fingerprint density at radius 2 is 1.74 bits per heavy atom. The topological polar surface area (TPSA) is 55.8 Å². The van der Waals surface area contributed by atoms with Crippen LogP contribution in [0.4, 0.5) is 4.79 Å². The van der Waals surface area contributed by atoms with E-state index in [0.29, 0.717) is 22.9 Å². The van der Waals surface area contributed by atoms with Crippen LogP contribution in [-0.2, 0) is 11.2 Å². The van der Waals surface area contributed by atoms with E-state index in [1.165, 1.54) is 10.5 Å². The molecule has 0 aromatic heterocycles. The molecule has 0 radical (unpaired) electrons. The molecule has 0 unspecified atom stereocenters. The third-order valence-electron chi connectivity index (χ3n) is 5.29. The van der Waals surface area contributed by atoms with Crippen molar-refractivity contribution >= 4 is 39.8 Å². The van der Waals surface area contributed by atoms with Gasteiger partial charge in [-0.05, 0) is 65.2 Å². The number of carbonyl (C=O) groups excluding carboxylic acids is 2. The van der Waals surface area contributed by atoms with Crippen LogP contribution in [0, 0.1) is 0 Å². The van der Waals surface area contributed by atoms with Gasteiger partial charge in [0.15, 0.2) is 0 Å². The summed E-state index contributed by atoms with van der Waals surface area (Å²) in [6.07, 6.45) is 3.30. The van der Waals surface area contributed by atoms with Crippen LogP contribution in [0.2, 0.25) is 0 Å². The maximum Gasteiger partial charge on any atom is 0.293 e. The Balaban J connectivity index is 1.59. The average Bonchev–Trinajstić information content (AvgIpc) is 3.07. The minimum absolute atomic E-state index is 0.235. The summed E-state index contributed by atoms with van der Waals surface area (Å²) in [6.45, 7) is 0.400. The zero-order chi connectivity index (χ0) is 21.8. The highest BCUT2D eigenvalue weighted by molar-refractivity contribution is 8.18. The lowest BCUT2D eigenvalue weighted by Gasteiger charge is -2.12. The van der Waals surface area contributed by atoms with Crippen LogP contribution in [0.3, 0.4) is 0 Å². The van der Waals surface area contributed by atoms with Gasteiger partial charge in [0.2, 0.25) is 0 Å². The second kappa shape index (κ2) is 9.27. The third-order valence-corrected chi connectivity index (χ3v) is 6.20. The number of nitrogens with zero attached hydrogens (tertiary/aromatic N) is 1. The highest BCUT2D eigenvalue weighted by Gasteiger charge is 2.34. The molecule has 1 aliphatic heterocycles. The van der Waals surface area contributed by atoms with Gasteiger partial charge in [-0.2, -0.15) is 0 Å². The van der Waals surface area contributed by atoms with Gasteiger partial charge in [0.05, 0.1) is 19.1 Å². The fourth-order valence-electron chi connectivity index (χ4n) is 3.67. The molecule has 0 aliphatic carbocycles. The molecule has 0 saturated carbocycles. The molecule has 6 heteroatoms. The second-order valence-corrected chi connectivity index (χ2v) is 8.18. The molecule has 3 aromatic rings. The van der Waals surface area contributed by atoms with Crippen LogP contribution >= 0.6 is 11.8 Å². The molecule has 1 aliphatic rings. The molecule has 31 heavy (non-hydrogen) atoms. The van der Waals surface area contributed by atoms with Gasteiger partial charge in [0.1, 0.15) is 11.5 Å². The Morgan fingerprint density at radius 3 is 2.48 bits per heavy atom. The fraction of sp³-hybridized carbons (Fsp3) is 0.200. The molecule has 3 aromatic carbocycles. The Morgan fingerprint density at radius 1 is 0.968 bits per heavy atom. The molecule has 0 bridgehead atoms. The van der Waals surface area contributed by atoms with E-state index >= 15 is 0 Å². The molecule has 1 heterocycles. The summed E-state index contributed by atoms with van der Waals surface area (Å²) in [5.74, 6) is 1.09. The van der Waals surface area contributed by atoms with Gasteiger partial charge in [-0.15, -0.1) is 0 Å². The van der Waals surface area contributed by atoms with Gasteiger partial charge in [-0.1, -0.05) is 42.5 Å². The molecule has 2 amide bonds. The molecule has 158 valence electrons. The first-order valence-corrected chi connectivity index (χ1v) is 10.9. The van der Waals surface area contributed by atoms with Crippen molar-refractivity contribution in [2.75, 3.05) is 20.8 Å². The molecule has 0 N–H and O–H groups in total. The Labute approximate surface area is 185 Å². The summed E-state index contributed by atoms with van der Waals surface area (Å²) in [6, 6.07) is 19.6. The monoisotopic (exact) mass is 433 g/mol. The van der Waals surface area contributed by atoms with Crippen molar-refractivity contribution in [1.29, 1.82) is 0 Å². The van der Waals surface area contributed by atoms with Crippen LogP contribution in [0.1, 0.15) is 17.5 Å². The van der Waals surface area contributed by atoms with Gasteiger partial charge in [-0.25, -0.2) is 0 Å². The smallest absolute Gasteiger partial charge is 0.293 e. The largest absolute Gasteiger partial charge is 0.497 e. The first-order valence-electron chi connectivity index (χ1n) is 10.0. The molecule has 1 fully saturated rings. The normalized spacial score (nSPS) is 15.2. The lowest BCUT2D eigenvalue weighted by molar-refractivity contribution is -0.122. The predicted molar refractivity (Wildman–Crippen MR) is 124 cm³/mol. The minimum atomic E-state index is -0.259. The van der Waals surface area contributed by atoms with Crippen molar-refractivity contribution in [3.05, 3.63) is 76.7 Å². The number of amides is 2. The van der Waals surface area contributed by atoms with Crippen molar-refractivity contribution in [2.45, 2.75) is 12.8 Å². The third kappa shape index (κ3) is 4.44. The van der Waals surface area contributed by atoms with Crippen molar-refractivity contribution in [3.63, 3.8) is 0 Å². The summed E-state index contributed by atoms with van der Waals surface area (Å²) >= 11 is 0.972. The summed E-state index contributed by atoms with van der Waals surface area (Å²) in [7, 11) is 3.20. The first-order chi connectivity index (χ1) is 15.1. The van der Waals surface area contributed by atoms with E-state index in [4.69, 9.17) is 9.47 Å². The van der Waals surface area contributed by atoms with E-state index in [9.17, 15) is 9.59 Å². The maximum absolute atomic E-state index is 13.0. The van der Waals surface area contributed by atoms with E-state index in [0.717, 1.165) is 40.9 Å². The number of hydrogen-bond donors (Lipinski definition) is 0. The van der Waals surface area contributed by atoms with E-state index in [-0.39, 0.29) is 11.1 Å². The number of ether oxygens (including phenoxy) is 2. The van der Waals surface area contributed by atoms with Crippen molar-refractivity contribution < 1.29 is 19.1 Å². The predicted octanol–water partition coefficient (Wildman–Crippen LogP) is 5.53. The number of aryl methyl sites for hydroxylation is 1. The SMILES string of the molecule is COc1ccc2ccc(OC)c(/C=C3/SC(=O)N(CCCc4ccccc4)C3=O)c2c1. The zero-order valence-electron chi connectivity index (χ0n) is 17.5. The molecular formula is C25H23NO4S. The van der Waals surface area contributed by atoms with E-state index in [1.807, 2.05) is 48.5 Å². The number of benzene rings is 3. The zero-order valence-corrected chi connectivity index (χ0v) is 18.3. The Hall–Kier alpha value is -3.25. The molecule has 4 rings (SSSR count). The number of imide groups is 1. The standard InChI is InChI=1S/C25H23NO4S/c1-29-19-12-10-18-11-13-22(30-2)21(20(18)15-19)16-23-24(27)26(25(28)31-23)14-6-9-17-7-4-3-5-8-17/h3-5,7-8,10-13,15-16H,6,9,14H2,1-2H3/b23-16+. The number of carbonyl (C=O) groups is 2. The molecule has 0 atom stereocenters. The van der Waals surface area contributed by atoms with E-state index < -0.39 is 0 Å². The minimum Gasteiger partial charge on any atom is -0.497 e. The average molecular weight is 434 g/mol. The van der Waals surface area contributed by atoms with Gasteiger partial charge < -0.3 is 9.47 Å². The van der Waals surface area contributed by atoms with Gasteiger partial charge >= 0.3 is 0 Å². The van der Waals surface area contributed by atoms with Crippen molar-refractivity contribution in [1.82, 2.24) is 4.90 Å². The number of thioether (sulfide) groups is 1. The molecule has 1 saturated heterocycles. The number of hydrogen-bond acceptors (Lipinski definition) is 5. The molecule has 0 spiro atoms. The molecular weight excluding hydrogens is 410 g/mol. The quantitative estimate of drug-likeness (QED) is 0.459. The van der Waals surface area contributed by atoms with Crippen molar-refractivity contribution in [3.8, 4) is 11.5 Å². The summed E-state index contributed by atoms with van der Waals surface area (Å²) in [5.41, 5.74) is 1.95. The first kappa shape index (κ1) is 21.0. The van der Waals surface area contributed by atoms with Crippen LogP contribution in [0.5, 0.6) is 11.5 Å². The highest BCUT2D eigenvalue weighted by atomic mass is 32.2. The van der Waals surface area contributed by atoms with Gasteiger partial charge in [0, 0.05) is 12.1 Å².